The number of furan rings is 1. The van der Waals surface area contributed by atoms with E-state index in [-0.39, 0.29) is 17.4 Å². The molecule has 3 aromatic rings. The van der Waals surface area contributed by atoms with Crippen LogP contribution in [0.3, 0.4) is 0 Å². The molecule has 0 radical (unpaired) electrons. The molecule has 1 aliphatic rings. The molecule has 1 aliphatic heterocycles. The monoisotopic (exact) mass is 413 g/mol. The molecule has 5 nitrogen and oxygen atoms in total. The van der Waals surface area contributed by atoms with Crippen LogP contribution in [0.1, 0.15) is 41.1 Å². The van der Waals surface area contributed by atoms with Gasteiger partial charge in [0.1, 0.15) is 5.76 Å². The van der Waals surface area contributed by atoms with E-state index in [1.54, 1.807) is 18.4 Å². The van der Waals surface area contributed by atoms with Crippen LogP contribution in [0.2, 0.25) is 0 Å². The molecule has 0 bridgehead atoms. The van der Waals surface area contributed by atoms with Gasteiger partial charge in [0.05, 0.1) is 11.8 Å². The normalized spacial score (nSPS) is 14.0. The molecule has 2 heterocycles. The molecule has 1 amide bonds. The molecule has 0 unspecified atom stereocenters. The van der Waals surface area contributed by atoms with Crippen LogP contribution < -0.4 is 14.8 Å². The number of nitrogens with one attached hydrogen (secondary N) is 1. The number of anilines is 1. The summed E-state index contributed by atoms with van der Waals surface area (Å²) in [5.41, 5.74) is 4.39. The fourth-order valence-corrected chi connectivity index (χ4v) is 3.57. The summed E-state index contributed by atoms with van der Waals surface area (Å²) in [6.07, 6.45) is -0.691. The number of amides is 1. The second-order valence-corrected chi connectivity index (χ2v) is 7.08. The predicted molar refractivity (Wildman–Crippen MR) is 108 cm³/mol. The van der Waals surface area contributed by atoms with E-state index in [9.17, 15) is 13.6 Å². The molecule has 0 aliphatic carbocycles. The number of ether oxygens (including phenoxy) is 2. The molecule has 4 rings (SSSR count). The Bertz CT molecular complexity index is 1080. The minimum atomic E-state index is -3.65. The molecule has 7 heteroatoms. The van der Waals surface area contributed by atoms with Crippen molar-refractivity contribution in [2.24, 2.45) is 0 Å². The maximum Gasteiger partial charge on any atom is 0.586 e. The second kappa shape index (κ2) is 7.48. The van der Waals surface area contributed by atoms with E-state index in [2.05, 4.69) is 14.8 Å². The van der Waals surface area contributed by atoms with Crippen LogP contribution >= 0.6 is 0 Å². The number of hydrogen-bond donors (Lipinski definition) is 1. The van der Waals surface area contributed by atoms with Gasteiger partial charge in [-0.25, -0.2) is 0 Å². The number of hydrogen-bond acceptors (Lipinski definition) is 4. The summed E-state index contributed by atoms with van der Waals surface area (Å²) in [5, 5.41) is 2.90. The summed E-state index contributed by atoms with van der Waals surface area (Å²) < 4.78 is 41.2. The van der Waals surface area contributed by atoms with Gasteiger partial charge in [-0.05, 0) is 54.3 Å². The maximum atomic E-state index is 13.3. The van der Waals surface area contributed by atoms with Crippen molar-refractivity contribution in [3.05, 3.63) is 65.1 Å². The minimum absolute atomic E-state index is 0.00266. The smallest absolute Gasteiger partial charge is 0.468 e. The summed E-state index contributed by atoms with van der Waals surface area (Å²) in [6, 6.07) is 10.2. The van der Waals surface area contributed by atoms with Gasteiger partial charge in [0, 0.05) is 17.7 Å². The third kappa shape index (κ3) is 3.63. The number of carbonyl (C=O) groups is 1. The summed E-state index contributed by atoms with van der Waals surface area (Å²) >= 11 is 0. The SMILES string of the molecule is CCc1coc(CC)c1C(=O)Nc1ccc(-c2cc3c(cc2C)OC(F)(F)O3)cc1. The molecule has 0 fully saturated rings. The number of carbonyl (C=O) groups excluding carboxylic acids is 1. The third-order valence-corrected chi connectivity index (χ3v) is 5.07. The maximum absolute atomic E-state index is 13.3. The van der Waals surface area contributed by atoms with E-state index in [0.29, 0.717) is 29.9 Å². The fourth-order valence-electron chi connectivity index (χ4n) is 3.57. The van der Waals surface area contributed by atoms with Crippen LogP contribution in [0.25, 0.3) is 11.1 Å². The summed E-state index contributed by atoms with van der Waals surface area (Å²) in [7, 11) is 0. The Kier molecular flexibility index (Phi) is 4.97. The van der Waals surface area contributed by atoms with Crippen molar-refractivity contribution in [3.63, 3.8) is 0 Å². The Balaban J connectivity index is 1.56. The quantitative estimate of drug-likeness (QED) is 0.561. The van der Waals surface area contributed by atoms with Gasteiger partial charge >= 0.3 is 6.29 Å². The highest BCUT2D eigenvalue weighted by Crippen LogP contribution is 2.44. The van der Waals surface area contributed by atoms with E-state index in [0.717, 1.165) is 22.3 Å². The van der Waals surface area contributed by atoms with Gasteiger partial charge in [-0.2, -0.15) is 0 Å². The average molecular weight is 413 g/mol. The average Bonchev–Trinajstić information content (AvgIpc) is 3.26. The Labute approximate surface area is 172 Å². The third-order valence-electron chi connectivity index (χ3n) is 5.07. The first-order valence-corrected chi connectivity index (χ1v) is 9.72. The first kappa shape index (κ1) is 19.9. The Morgan fingerprint density at radius 2 is 1.70 bits per heavy atom. The van der Waals surface area contributed by atoms with Crippen LogP contribution in [-0.2, 0) is 12.8 Å². The van der Waals surface area contributed by atoms with Gasteiger partial charge in [-0.1, -0.05) is 26.0 Å². The summed E-state index contributed by atoms with van der Waals surface area (Å²) in [6.45, 7) is 5.72. The molecule has 156 valence electrons. The van der Waals surface area contributed by atoms with Crippen LogP contribution in [0, 0.1) is 6.92 Å². The van der Waals surface area contributed by atoms with E-state index in [4.69, 9.17) is 4.42 Å². The van der Waals surface area contributed by atoms with E-state index < -0.39 is 6.29 Å². The molecule has 2 aromatic carbocycles. The van der Waals surface area contributed by atoms with Crippen LogP contribution in [0.15, 0.2) is 47.1 Å². The first-order chi connectivity index (χ1) is 14.3. The highest BCUT2D eigenvalue weighted by molar-refractivity contribution is 6.06. The van der Waals surface area contributed by atoms with Gasteiger partial charge in [0.2, 0.25) is 0 Å². The number of halogens is 2. The number of aryl methyl sites for hydroxylation is 3. The lowest BCUT2D eigenvalue weighted by Crippen LogP contribution is -2.25. The van der Waals surface area contributed by atoms with Crippen molar-refractivity contribution in [3.8, 4) is 22.6 Å². The Morgan fingerprint density at radius 3 is 2.33 bits per heavy atom. The van der Waals surface area contributed by atoms with Crippen molar-refractivity contribution < 1.29 is 27.5 Å². The van der Waals surface area contributed by atoms with Crippen molar-refractivity contribution in [2.75, 3.05) is 5.32 Å². The molecule has 30 heavy (non-hydrogen) atoms. The minimum Gasteiger partial charge on any atom is -0.468 e. The van der Waals surface area contributed by atoms with Gasteiger partial charge in [-0.15, -0.1) is 8.78 Å². The van der Waals surface area contributed by atoms with Crippen molar-refractivity contribution in [1.29, 1.82) is 0 Å². The lowest BCUT2D eigenvalue weighted by molar-refractivity contribution is -0.286. The molecule has 1 aromatic heterocycles. The largest absolute Gasteiger partial charge is 0.586 e. The first-order valence-electron chi connectivity index (χ1n) is 9.72. The Morgan fingerprint density at radius 1 is 1.03 bits per heavy atom. The highest BCUT2D eigenvalue weighted by Gasteiger charge is 2.43. The lowest BCUT2D eigenvalue weighted by atomic mass is 9.99. The molecule has 0 saturated carbocycles. The zero-order valence-electron chi connectivity index (χ0n) is 16.8. The zero-order valence-corrected chi connectivity index (χ0v) is 16.8. The number of rotatable bonds is 5. The zero-order chi connectivity index (χ0) is 21.5. The van der Waals surface area contributed by atoms with E-state index in [1.807, 2.05) is 32.9 Å². The van der Waals surface area contributed by atoms with Crippen LogP contribution in [0.5, 0.6) is 11.5 Å². The molecular formula is C23H21F2NO4. The fraction of sp³-hybridized carbons (Fsp3) is 0.261. The standard InChI is InChI=1S/C23H21F2NO4/c1-4-14-12-28-18(5-2)21(14)22(27)26-16-8-6-15(7-9-16)17-11-20-19(10-13(17)3)29-23(24,25)30-20/h6-12H,4-5H2,1-3H3,(H,26,27). The number of alkyl halides is 2. The van der Waals surface area contributed by atoms with Crippen molar-refractivity contribution in [1.82, 2.24) is 0 Å². The summed E-state index contributed by atoms with van der Waals surface area (Å²) in [4.78, 5) is 12.8. The molecule has 1 N–H and O–H groups in total. The molecular weight excluding hydrogens is 392 g/mol. The van der Waals surface area contributed by atoms with E-state index >= 15 is 0 Å². The Hall–Kier alpha value is -3.35. The lowest BCUT2D eigenvalue weighted by Gasteiger charge is -2.10. The van der Waals surface area contributed by atoms with Gasteiger partial charge in [0.25, 0.3) is 5.91 Å². The highest BCUT2D eigenvalue weighted by atomic mass is 19.3. The van der Waals surface area contributed by atoms with Gasteiger partial charge < -0.3 is 19.2 Å². The summed E-state index contributed by atoms with van der Waals surface area (Å²) in [5.74, 6) is 0.460. The van der Waals surface area contributed by atoms with Gasteiger partial charge in [-0.3, -0.25) is 4.79 Å². The molecule has 0 spiro atoms. The predicted octanol–water partition coefficient (Wildman–Crippen LogP) is 5.95. The molecule has 0 atom stereocenters. The topological polar surface area (TPSA) is 60.7 Å². The number of fused-ring (bicyclic) bond motifs is 1. The van der Waals surface area contributed by atoms with Gasteiger partial charge in [0.15, 0.2) is 11.5 Å². The second-order valence-electron chi connectivity index (χ2n) is 7.08. The molecule has 0 saturated heterocycles. The number of benzene rings is 2. The van der Waals surface area contributed by atoms with Crippen molar-refractivity contribution >= 4 is 11.6 Å². The van der Waals surface area contributed by atoms with E-state index in [1.165, 1.54) is 12.1 Å². The van der Waals surface area contributed by atoms with Crippen LogP contribution in [0.4, 0.5) is 14.5 Å². The van der Waals surface area contributed by atoms with Crippen LogP contribution in [-0.4, -0.2) is 12.2 Å². The van der Waals surface area contributed by atoms with Crippen molar-refractivity contribution in [2.45, 2.75) is 39.9 Å².